The van der Waals surface area contributed by atoms with E-state index in [0.29, 0.717) is 29.7 Å². The highest BCUT2D eigenvalue weighted by Gasteiger charge is 2.56. The van der Waals surface area contributed by atoms with Crippen LogP contribution in [0.15, 0.2) is 54.6 Å². The Morgan fingerprint density at radius 2 is 1.49 bits per heavy atom. The van der Waals surface area contributed by atoms with E-state index in [-0.39, 0.29) is 28.9 Å². The molecule has 3 aromatic carbocycles. The van der Waals surface area contributed by atoms with Crippen molar-refractivity contribution in [3.05, 3.63) is 82.9 Å². The van der Waals surface area contributed by atoms with E-state index in [1.54, 1.807) is 6.07 Å². The Hall–Kier alpha value is -4.60. The van der Waals surface area contributed by atoms with E-state index in [2.05, 4.69) is 21.3 Å². The lowest BCUT2D eigenvalue weighted by molar-refractivity contribution is -0.131. The van der Waals surface area contributed by atoms with Crippen molar-refractivity contribution in [1.29, 1.82) is 0 Å². The molecule has 8 nitrogen and oxygen atoms in total. The van der Waals surface area contributed by atoms with Gasteiger partial charge in [0.25, 0.3) is 11.8 Å². The van der Waals surface area contributed by atoms with Gasteiger partial charge in [-0.2, -0.15) is 0 Å². The fourth-order valence-electron chi connectivity index (χ4n) is 4.45. The monoisotopic (exact) mass is 504 g/mol. The third-order valence-corrected chi connectivity index (χ3v) is 6.68. The highest BCUT2D eigenvalue weighted by Crippen LogP contribution is 2.47. The molecule has 1 aliphatic carbocycles. The lowest BCUT2D eigenvalue weighted by Crippen LogP contribution is -2.35. The molecule has 2 aliphatic rings. The number of anilines is 2. The molecule has 4 N–H and O–H groups in total. The van der Waals surface area contributed by atoms with E-state index < -0.39 is 40.7 Å². The number of fused-ring (bicyclic) bond motifs is 1. The predicted octanol–water partition coefficient (Wildman–Crippen LogP) is 3.59. The summed E-state index contributed by atoms with van der Waals surface area (Å²) in [6, 6.07) is 12.4. The van der Waals surface area contributed by atoms with Crippen LogP contribution in [0.4, 0.5) is 20.2 Å². The summed E-state index contributed by atoms with van der Waals surface area (Å²) < 4.78 is 28.3. The van der Waals surface area contributed by atoms with Crippen LogP contribution >= 0.6 is 0 Å². The van der Waals surface area contributed by atoms with Crippen molar-refractivity contribution in [3.8, 4) is 11.1 Å². The van der Waals surface area contributed by atoms with Gasteiger partial charge in [0.15, 0.2) is 0 Å². The maximum absolute atomic E-state index is 15.2. The van der Waals surface area contributed by atoms with Crippen molar-refractivity contribution in [2.45, 2.75) is 19.4 Å². The fraction of sp³-hybridized carbons (Fsp3) is 0.185. The molecule has 1 heterocycles. The maximum Gasteiger partial charge on any atom is 0.252 e. The van der Waals surface area contributed by atoms with Crippen LogP contribution in [0.3, 0.4) is 0 Å². The summed E-state index contributed by atoms with van der Waals surface area (Å²) in [7, 11) is 1.46. The van der Waals surface area contributed by atoms with Crippen LogP contribution in [0.1, 0.15) is 39.1 Å². The summed E-state index contributed by atoms with van der Waals surface area (Å²) in [4.78, 5) is 50.2. The van der Waals surface area contributed by atoms with Gasteiger partial charge in [0, 0.05) is 30.5 Å². The standard InChI is InChI=1S/C27H22F2N4O4/c1-30-23(34)19-9-8-17(20-13-31-24(35)22(19)20)18-7-6-16(12-21(18)29)33-26(37)27(10-11-27)25(36)32-15-4-2-14(28)3-5-15/h2-9,12H,10-11,13H2,1H3,(H,30,34)(H,31,35)(H,32,36)(H,33,37). The zero-order chi connectivity index (χ0) is 26.3. The normalized spacial score (nSPS) is 14.8. The molecule has 3 aromatic rings. The molecule has 1 saturated carbocycles. The van der Waals surface area contributed by atoms with E-state index in [1.165, 1.54) is 49.5 Å². The second-order valence-corrected chi connectivity index (χ2v) is 8.97. The average molecular weight is 504 g/mol. The molecule has 10 heteroatoms. The van der Waals surface area contributed by atoms with Crippen LogP contribution in [0, 0.1) is 17.0 Å². The Morgan fingerprint density at radius 1 is 0.865 bits per heavy atom. The second-order valence-electron chi connectivity index (χ2n) is 8.97. The van der Waals surface area contributed by atoms with Gasteiger partial charge in [0.1, 0.15) is 17.0 Å². The molecule has 5 rings (SSSR count). The van der Waals surface area contributed by atoms with Crippen LogP contribution in [0.2, 0.25) is 0 Å². The van der Waals surface area contributed by atoms with E-state index >= 15 is 4.39 Å². The number of halogens is 2. The van der Waals surface area contributed by atoms with Gasteiger partial charge in [-0.25, -0.2) is 8.78 Å². The Kier molecular flexibility index (Phi) is 5.94. The second kappa shape index (κ2) is 9.12. The van der Waals surface area contributed by atoms with Crippen molar-refractivity contribution in [3.63, 3.8) is 0 Å². The van der Waals surface area contributed by atoms with E-state index in [9.17, 15) is 23.6 Å². The molecule has 0 atom stereocenters. The third-order valence-electron chi connectivity index (χ3n) is 6.68. The SMILES string of the molecule is CNC(=O)c1ccc(-c2ccc(NC(=O)C3(C(=O)Nc4ccc(F)cc4)CC3)cc2F)c2c1C(=O)NC2. The van der Waals surface area contributed by atoms with Crippen molar-refractivity contribution in [2.75, 3.05) is 17.7 Å². The summed E-state index contributed by atoms with van der Waals surface area (Å²) in [6.07, 6.45) is 0.661. The first kappa shape index (κ1) is 24.1. The number of hydrogen-bond acceptors (Lipinski definition) is 4. The number of rotatable bonds is 6. The molecule has 0 saturated heterocycles. The first-order valence-corrected chi connectivity index (χ1v) is 11.6. The number of amides is 4. The van der Waals surface area contributed by atoms with Crippen LogP contribution in [0.5, 0.6) is 0 Å². The Labute approximate surface area is 210 Å². The topological polar surface area (TPSA) is 116 Å². The Balaban J connectivity index is 1.36. The number of hydrogen-bond donors (Lipinski definition) is 4. The van der Waals surface area contributed by atoms with Gasteiger partial charge in [-0.1, -0.05) is 6.07 Å². The average Bonchev–Trinajstić information content (AvgIpc) is 3.62. The Morgan fingerprint density at radius 3 is 2.11 bits per heavy atom. The summed E-state index contributed by atoms with van der Waals surface area (Å²) in [5.41, 5.74) is 0.815. The largest absolute Gasteiger partial charge is 0.355 e. The molecular formula is C27H22F2N4O4. The molecule has 188 valence electrons. The van der Waals surface area contributed by atoms with Crippen LogP contribution < -0.4 is 21.3 Å². The Bertz CT molecular complexity index is 1470. The van der Waals surface area contributed by atoms with Crippen molar-refractivity contribution >= 4 is 35.0 Å². The minimum Gasteiger partial charge on any atom is -0.355 e. The van der Waals surface area contributed by atoms with E-state index in [1.807, 2.05) is 0 Å². The smallest absolute Gasteiger partial charge is 0.252 e. The number of nitrogens with one attached hydrogen (secondary N) is 4. The van der Waals surface area contributed by atoms with Gasteiger partial charge >= 0.3 is 0 Å². The quantitative estimate of drug-likeness (QED) is 0.384. The van der Waals surface area contributed by atoms with Crippen LogP contribution in [-0.4, -0.2) is 30.7 Å². The van der Waals surface area contributed by atoms with Crippen molar-refractivity contribution < 1.29 is 28.0 Å². The predicted molar refractivity (Wildman–Crippen MR) is 132 cm³/mol. The first-order chi connectivity index (χ1) is 17.7. The molecule has 37 heavy (non-hydrogen) atoms. The minimum absolute atomic E-state index is 0.151. The molecule has 4 amide bonds. The molecule has 0 unspecified atom stereocenters. The van der Waals surface area contributed by atoms with Gasteiger partial charge < -0.3 is 21.3 Å². The van der Waals surface area contributed by atoms with Crippen molar-refractivity contribution in [2.24, 2.45) is 5.41 Å². The number of carbonyl (C=O) groups excluding carboxylic acids is 4. The highest BCUT2D eigenvalue weighted by molar-refractivity contribution is 6.17. The summed E-state index contributed by atoms with van der Waals surface area (Å²) in [6.45, 7) is 0.151. The molecule has 0 radical (unpaired) electrons. The summed E-state index contributed by atoms with van der Waals surface area (Å²) >= 11 is 0. The molecule has 0 bridgehead atoms. The molecular weight excluding hydrogens is 482 g/mol. The highest BCUT2D eigenvalue weighted by atomic mass is 19.1. The van der Waals surface area contributed by atoms with Gasteiger partial charge in [-0.3, -0.25) is 19.2 Å². The number of benzene rings is 3. The first-order valence-electron chi connectivity index (χ1n) is 11.6. The summed E-state index contributed by atoms with van der Waals surface area (Å²) in [5.74, 6) is -3.00. The minimum atomic E-state index is -1.29. The lowest BCUT2D eigenvalue weighted by atomic mass is 9.92. The number of carbonyl (C=O) groups is 4. The van der Waals surface area contributed by atoms with Gasteiger partial charge in [0.05, 0.1) is 11.1 Å². The van der Waals surface area contributed by atoms with Crippen molar-refractivity contribution in [1.82, 2.24) is 10.6 Å². The lowest BCUT2D eigenvalue weighted by Gasteiger charge is -2.16. The molecule has 0 aromatic heterocycles. The van der Waals surface area contributed by atoms with E-state index in [4.69, 9.17) is 0 Å². The zero-order valence-electron chi connectivity index (χ0n) is 19.7. The van der Waals surface area contributed by atoms with Gasteiger partial charge in [0.2, 0.25) is 11.8 Å². The fourth-order valence-corrected chi connectivity index (χ4v) is 4.45. The van der Waals surface area contributed by atoms with Crippen LogP contribution in [-0.2, 0) is 16.1 Å². The molecule has 0 spiro atoms. The van der Waals surface area contributed by atoms with Crippen LogP contribution in [0.25, 0.3) is 11.1 Å². The molecule has 1 fully saturated rings. The third kappa shape index (κ3) is 4.31. The molecule has 1 aliphatic heterocycles. The summed E-state index contributed by atoms with van der Waals surface area (Å²) in [5, 5.41) is 10.4. The van der Waals surface area contributed by atoms with E-state index in [0.717, 1.165) is 6.07 Å². The zero-order valence-corrected chi connectivity index (χ0v) is 19.7. The maximum atomic E-state index is 15.2. The van der Waals surface area contributed by atoms with Gasteiger partial charge in [-0.15, -0.1) is 0 Å². The van der Waals surface area contributed by atoms with Gasteiger partial charge in [-0.05, 0) is 72.5 Å².